The van der Waals surface area contributed by atoms with Crippen LogP contribution in [-0.2, 0) is 0 Å². The summed E-state index contributed by atoms with van der Waals surface area (Å²) in [7, 11) is 0. The van der Waals surface area contributed by atoms with E-state index in [0.29, 0.717) is 27.9 Å². The number of aromatic nitrogens is 2. The highest BCUT2D eigenvalue weighted by atomic mass is 32.1. The summed E-state index contributed by atoms with van der Waals surface area (Å²) in [5.41, 5.74) is 22.7. The molecule has 0 spiro atoms. The molecule has 0 aliphatic rings. The van der Waals surface area contributed by atoms with Crippen LogP contribution in [-0.4, -0.2) is 28.2 Å². The predicted octanol–water partition coefficient (Wildman–Crippen LogP) is 0.190. The second-order valence-corrected chi connectivity index (χ2v) is 4.66. The van der Waals surface area contributed by atoms with Gasteiger partial charge in [0.05, 0.1) is 0 Å². The van der Waals surface area contributed by atoms with E-state index < -0.39 is 6.03 Å². The van der Waals surface area contributed by atoms with Gasteiger partial charge in [-0.15, -0.1) is 11.3 Å². The predicted molar refractivity (Wildman–Crippen MR) is 82.4 cm³/mol. The molecule has 0 unspecified atom stereocenters. The van der Waals surface area contributed by atoms with E-state index in [-0.39, 0.29) is 5.96 Å². The lowest BCUT2D eigenvalue weighted by Crippen LogP contribution is -2.21. The van der Waals surface area contributed by atoms with Crippen molar-refractivity contribution in [2.75, 3.05) is 5.73 Å². The van der Waals surface area contributed by atoms with Crippen molar-refractivity contribution in [1.82, 2.24) is 9.97 Å². The van der Waals surface area contributed by atoms with Crippen LogP contribution in [0.15, 0.2) is 27.5 Å². The summed E-state index contributed by atoms with van der Waals surface area (Å²) in [6, 6.07) is 2.43. The highest BCUT2D eigenvalue weighted by Crippen LogP contribution is 2.27. The molecule has 8 N–H and O–H groups in total. The molecule has 21 heavy (non-hydrogen) atoms. The Hall–Kier alpha value is -3.01. The van der Waals surface area contributed by atoms with Crippen LogP contribution in [0.25, 0.3) is 11.4 Å². The molecule has 0 aromatic carbocycles. The third-order valence-electron chi connectivity index (χ3n) is 2.24. The quantitative estimate of drug-likeness (QED) is 0.465. The Morgan fingerprint density at radius 1 is 1.24 bits per heavy atom. The number of hydrogen-bond donors (Lipinski definition) is 4. The number of carbonyl (C=O) groups excluding carboxylic acids is 1. The van der Waals surface area contributed by atoms with E-state index in [1.807, 2.05) is 0 Å². The zero-order chi connectivity index (χ0) is 15.4. The van der Waals surface area contributed by atoms with Gasteiger partial charge in [0.2, 0.25) is 5.13 Å². The largest absolute Gasteiger partial charge is 0.384 e. The van der Waals surface area contributed by atoms with Crippen LogP contribution in [0.2, 0.25) is 0 Å². The maximum atomic E-state index is 10.7. The van der Waals surface area contributed by atoms with E-state index in [1.54, 1.807) is 17.5 Å². The standard InChI is InChI=1S/C11H12N8OS/c12-7-2-1-5(3-16-10(15)20)8(18-7)6-4-21-11(17-6)19-9(13)14/h1-4H,(H2,12,18)(H2,15,20)(H4,13,14,17,19). The molecule has 0 aliphatic heterocycles. The Morgan fingerprint density at radius 2 is 2.00 bits per heavy atom. The van der Waals surface area contributed by atoms with E-state index in [4.69, 9.17) is 22.9 Å². The van der Waals surface area contributed by atoms with Crippen LogP contribution in [0.4, 0.5) is 15.7 Å². The lowest BCUT2D eigenvalue weighted by Gasteiger charge is -2.02. The van der Waals surface area contributed by atoms with Crippen molar-refractivity contribution in [2.45, 2.75) is 0 Å². The van der Waals surface area contributed by atoms with Gasteiger partial charge in [-0.1, -0.05) is 0 Å². The van der Waals surface area contributed by atoms with Gasteiger partial charge in [-0.25, -0.2) is 19.8 Å². The van der Waals surface area contributed by atoms with Crippen molar-refractivity contribution in [3.05, 3.63) is 23.1 Å². The number of rotatable bonds is 3. The monoisotopic (exact) mass is 304 g/mol. The zero-order valence-electron chi connectivity index (χ0n) is 10.7. The van der Waals surface area contributed by atoms with Crippen molar-refractivity contribution >= 4 is 40.5 Å². The Bertz CT molecular complexity index is 732. The number of anilines is 1. The maximum Gasteiger partial charge on any atom is 0.338 e. The first-order valence-corrected chi connectivity index (χ1v) is 6.49. The minimum Gasteiger partial charge on any atom is -0.384 e. The fourth-order valence-corrected chi connectivity index (χ4v) is 2.15. The summed E-state index contributed by atoms with van der Waals surface area (Å²) < 4.78 is 0. The lowest BCUT2D eigenvalue weighted by atomic mass is 10.1. The molecular weight excluding hydrogens is 292 g/mol. The molecule has 2 amide bonds. The normalized spacial score (nSPS) is 10.7. The Balaban J connectivity index is 2.47. The number of hydrogen-bond acceptors (Lipinski definition) is 6. The van der Waals surface area contributed by atoms with Crippen molar-refractivity contribution < 1.29 is 4.79 Å². The van der Waals surface area contributed by atoms with E-state index in [0.717, 1.165) is 0 Å². The molecule has 0 radical (unpaired) electrons. The summed E-state index contributed by atoms with van der Waals surface area (Å²) in [5, 5.41) is 2.09. The van der Waals surface area contributed by atoms with Gasteiger partial charge in [0.15, 0.2) is 5.96 Å². The highest BCUT2D eigenvalue weighted by Gasteiger charge is 2.11. The fourth-order valence-electron chi connectivity index (χ4n) is 1.46. The molecule has 9 nitrogen and oxygen atoms in total. The smallest absolute Gasteiger partial charge is 0.338 e. The first-order chi connectivity index (χ1) is 9.95. The van der Waals surface area contributed by atoms with Gasteiger partial charge < -0.3 is 22.9 Å². The van der Waals surface area contributed by atoms with Crippen LogP contribution >= 0.6 is 11.3 Å². The van der Waals surface area contributed by atoms with E-state index >= 15 is 0 Å². The van der Waals surface area contributed by atoms with Gasteiger partial charge in [-0.2, -0.15) is 4.99 Å². The summed E-state index contributed by atoms with van der Waals surface area (Å²) in [6.45, 7) is 0. The molecule has 2 rings (SSSR count). The minimum atomic E-state index is -0.808. The minimum absolute atomic E-state index is 0.0908. The number of nitrogens with zero attached hydrogens (tertiary/aromatic N) is 4. The molecule has 0 atom stereocenters. The molecule has 0 bridgehead atoms. The van der Waals surface area contributed by atoms with Crippen LogP contribution in [0, 0.1) is 0 Å². The molecule has 0 aliphatic carbocycles. The number of nitrogens with two attached hydrogens (primary N) is 4. The van der Waals surface area contributed by atoms with Gasteiger partial charge in [-0.3, -0.25) is 0 Å². The topological polar surface area (TPSA) is 172 Å². The number of primary amides is 1. The van der Waals surface area contributed by atoms with Gasteiger partial charge in [0, 0.05) is 17.2 Å². The summed E-state index contributed by atoms with van der Waals surface area (Å²) >= 11 is 1.24. The number of pyridine rings is 1. The number of amides is 2. The summed E-state index contributed by atoms with van der Waals surface area (Å²) in [6.07, 6.45) is 1.30. The molecule has 0 fully saturated rings. The molecular formula is C11H12N8OS. The van der Waals surface area contributed by atoms with Gasteiger partial charge in [0.25, 0.3) is 0 Å². The van der Waals surface area contributed by atoms with Gasteiger partial charge in [0.1, 0.15) is 17.2 Å². The van der Waals surface area contributed by atoms with Crippen molar-refractivity contribution in [3.63, 3.8) is 0 Å². The number of urea groups is 1. The average molecular weight is 304 g/mol. The molecule has 2 aromatic rings. The zero-order valence-corrected chi connectivity index (χ0v) is 11.5. The molecule has 2 aromatic heterocycles. The first-order valence-electron chi connectivity index (χ1n) is 5.61. The van der Waals surface area contributed by atoms with Crippen LogP contribution in [0.3, 0.4) is 0 Å². The van der Waals surface area contributed by atoms with Gasteiger partial charge >= 0.3 is 6.03 Å². The second-order valence-electron chi connectivity index (χ2n) is 3.82. The van der Waals surface area contributed by atoms with E-state index in [1.165, 1.54) is 17.6 Å². The number of carbonyl (C=O) groups is 1. The average Bonchev–Trinajstić information content (AvgIpc) is 2.84. The van der Waals surface area contributed by atoms with Crippen molar-refractivity contribution in [3.8, 4) is 11.4 Å². The summed E-state index contributed by atoms with van der Waals surface area (Å²) in [4.78, 5) is 26.5. The molecule has 0 saturated heterocycles. The SMILES string of the molecule is NC(=O)N=Cc1ccc(N)nc1-c1csc(N=C(N)N)n1. The lowest BCUT2D eigenvalue weighted by molar-refractivity contribution is 0.257. The maximum absolute atomic E-state index is 10.7. The summed E-state index contributed by atoms with van der Waals surface area (Å²) in [5.74, 6) is 0.213. The Morgan fingerprint density at radius 3 is 2.67 bits per heavy atom. The van der Waals surface area contributed by atoms with Crippen molar-refractivity contribution in [2.24, 2.45) is 27.2 Å². The van der Waals surface area contributed by atoms with E-state index in [2.05, 4.69) is 20.0 Å². The highest BCUT2D eigenvalue weighted by molar-refractivity contribution is 7.13. The third kappa shape index (κ3) is 3.73. The van der Waals surface area contributed by atoms with Crippen LogP contribution < -0.4 is 22.9 Å². The second kappa shape index (κ2) is 5.96. The Labute approximate surface area is 123 Å². The third-order valence-corrected chi connectivity index (χ3v) is 2.97. The molecule has 0 saturated carbocycles. The Kier molecular flexibility index (Phi) is 4.09. The van der Waals surface area contributed by atoms with Crippen LogP contribution in [0.1, 0.15) is 5.56 Å². The molecule has 2 heterocycles. The number of thiazole rings is 1. The van der Waals surface area contributed by atoms with E-state index in [9.17, 15) is 4.79 Å². The van der Waals surface area contributed by atoms with Gasteiger partial charge in [-0.05, 0) is 12.1 Å². The van der Waals surface area contributed by atoms with Crippen LogP contribution in [0.5, 0.6) is 0 Å². The number of guanidine groups is 1. The molecule has 108 valence electrons. The number of nitrogen functional groups attached to an aromatic ring is 1. The number of aliphatic imine (C=N–C) groups is 2. The first kappa shape index (κ1) is 14.4. The fraction of sp³-hybridized carbons (Fsp3) is 0. The molecule has 10 heteroatoms. The van der Waals surface area contributed by atoms with Crippen molar-refractivity contribution in [1.29, 1.82) is 0 Å².